The van der Waals surface area contributed by atoms with Gasteiger partial charge in [0.05, 0.1) is 13.0 Å². The minimum absolute atomic E-state index is 0.0324. The maximum absolute atomic E-state index is 11.5. The molecule has 22 heavy (non-hydrogen) atoms. The van der Waals surface area contributed by atoms with E-state index in [2.05, 4.69) is 5.32 Å². The maximum Gasteiger partial charge on any atom is 0.308 e. The van der Waals surface area contributed by atoms with E-state index in [-0.39, 0.29) is 18.3 Å². The minimum Gasteiger partial charge on any atom is -0.481 e. The number of rotatable bonds is 6. The number of hydrogen-bond acceptors (Lipinski definition) is 4. The number of carboxylic acid groups (broad SMARTS) is 1. The Balaban J connectivity index is 1.85. The van der Waals surface area contributed by atoms with Crippen LogP contribution in [0.4, 0.5) is 5.69 Å². The Bertz CT molecular complexity index is 521. The van der Waals surface area contributed by atoms with Gasteiger partial charge in [-0.05, 0) is 49.8 Å². The van der Waals surface area contributed by atoms with E-state index in [1.165, 1.54) is 7.11 Å². The van der Waals surface area contributed by atoms with Gasteiger partial charge in [0.25, 0.3) is 0 Å². The van der Waals surface area contributed by atoms with Crippen LogP contribution in [0.2, 0.25) is 0 Å². The van der Waals surface area contributed by atoms with Crippen LogP contribution in [0, 0.1) is 5.92 Å². The lowest BCUT2D eigenvalue weighted by atomic mass is 9.86. The van der Waals surface area contributed by atoms with Crippen molar-refractivity contribution in [1.29, 1.82) is 0 Å². The molecule has 0 aliphatic heterocycles. The Labute approximate surface area is 130 Å². The molecule has 0 heterocycles. The lowest BCUT2D eigenvalue weighted by Gasteiger charge is -2.28. The zero-order valence-electron chi connectivity index (χ0n) is 12.9. The second kappa shape index (κ2) is 7.82. The summed E-state index contributed by atoms with van der Waals surface area (Å²) in [6.45, 7) is 0. The molecule has 5 heteroatoms. The van der Waals surface area contributed by atoms with Gasteiger partial charge >= 0.3 is 11.9 Å². The molecule has 0 spiro atoms. The molecule has 0 atom stereocenters. The molecule has 1 aromatic rings. The van der Waals surface area contributed by atoms with Crippen LogP contribution in [0.5, 0.6) is 0 Å². The highest BCUT2D eigenvalue weighted by molar-refractivity contribution is 5.72. The molecule has 0 aromatic heterocycles. The van der Waals surface area contributed by atoms with Crippen molar-refractivity contribution >= 4 is 17.6 Å². The fourth-order valence-corrected chi connectivity index (χ4v) is 2.94. The Morgan fingerprint density at radius 2 is 2.00 bits per heavy atom. The first-order chi connectivity index (χ1) is 10.6. The van der Waals surface area contributed by atoms with Gasteiger partial charge in [0.15, 0.2) is 0 Å². The number of nitrogens with one attached hydrogen (secondary N) is 1. The molecule has 2 rings (SSSR count). The van der Waals surface area contributed by atoms with Gasteiger partial charge in [-0.2, -0.15) is 0 Å². The Hall–Kier alpha value is -2.04. The van der Waals surface area contributed by atoms with Crippen molar-refractivity contribution in [1.82, 2.24) is 0 Å². The molecular weight excluding hydrogens is 282 g/mol. The molecule has 1 aliphatic rings. The maximum atomic E-state index is 11.5. The molecule has 2 N–H and O–H groups in total. The zero-order valence-corrected chi connectivity index (χ0v) is 12.9. The van der Waals surface area contributed by atoms with Crippen LogP contribution in [0.25, 0.3) is 0 Å². The van der Waals surface area contributed by atoms with Crippen molar-refractivity contribution in [2.45, 2.75) is 44.6 Å². The number of carboxylic acids is 1. The molecular formula is C17H23NO4. The molecule has 1 fully saturated rings. The van der Waals surface area contributed by atoms with E-state index in [0.717, 1.165) is 36.9 Å². The second-order valence-electron chi connectivity index (χ2n) is 5.81. The molecule has 1 saturated carbocycles. The van der Waals surface area contributed by atoms with Gasteiger partial charge in [-0.25, -0.2) is 0 Å². The number of ether oxygens (including phenoxy) is 1. The molecule has 0 unspecified atom stereocenters. The van der Waals surface area contributed by atoms with Gasteiger partial charge in [-0.1, -0.05) is 12.1 Å². The number of hydrogen-bond donors (Lipinski definition) is 2. The highest BCUT2D eigenvalue weighted by atomic mass is 16.5. The van der Waals surface area contributed by atoms with Crippen molar-refractivity contribution in [2.75, 3.05) is 12.4 Å². The molecule has 0 radical (unpaired) electrons. The second-order valence-corrected chi connectivity index (χ2v) is 5.81. The highest BCUT2D eigenvalue weighted by Gasteiger charge is 2.26. The van der Waals surface area contributed by atoms with Crippen LogP contribution in [0.15, 0.2) is 24.3 Å². The number of benzene rings is 1. The first-order valence-corrected chi connectivity index (χ1v) is 7.73. The van der Waals surface area contributed by atoms with Crippen molar-refractivity contribution < 1.29 is 19.4 Å². The molecule has 0 bridgehead atoms. The summed E-state index contributed by atoms with van der Waals surface area (Å²) in [6.07, 6.45) is 4.28. The van der Waals surface area contributed by atoms with Crippen molar-refractivity contribution in [3.8, 4) is 0 Å². The normalized spacial score (nSPS) is 21.1. The van der Waals surface area contributed by atoms with Crippen molar-refractivity contribution in [3.63, 3.8) is 0 Å². The summed E-state index contributed by atoms with van der Waals surface area (Å²) >= 11 is 0. The average molecular weight is 305 g/mol. The van der Waals surface area contributed by atoms with E-state index in [4.69, 9.17) is 9.84 Å². The number of esters is 1. The average Bonchev–Trinajstić information content (AvgIpc) is 2.53. The van der Waals surface area contributed by atoms with Crippen LogP contribution in [0.3, 0.4) is 0 Å². The summed E-state index contributed by atoms with van der Waals surface area (Å²) in [5.74, 6) is -0.849. The summed E-state index contributed by atoms with van der Waals surface area (Å²) in [4.78, 5) is 22.1. The first-order valence-electron chi connectivity index (χ1n) is 7.73. The van der Waals surface area contributed by atoms with E-state index < -0.39 is 5.97 Å². The quantitative estimate of drug-likeness (QED) is 0.790. The summed E-state index contributed by atoms with van der Waals surface area (Å²) in [5, 5.41) is 12.2. The smallest absolute Gasteiger partial charge is 0.308 e. The summed E-state index contributed by atoms with van der Waals surface area (Å²) < 4.78 is 4.80. The predicted molar refractivity (Wildman–Crippen MR) is 83.8 cm³/mol. The van der Waals surface area contributed by atoms with E-state index in [9.17, 15) is 9.59 Å². The van der Waals surface area contributed by atoms with Crippen LogP contribution < -0.4 is 5.32 Å². The lowest BCUT2D eigenvalue weighted by molar-refractivity contribution is -0.146. The van der Waals surface area contributed by atoms with Crippen LogP contribution in [-0.2, 0) is 20.7 Å². The largest absolute Gasteiger partial charge is 0.481 e. The number of aliphatic carboxylic acids is 1. The summed E-state index contributed by atoms with van der Waals surface area (Å²) in [5.41, 5.74) is 2.04. The van der Waals surface area contributed by atoms with Crippen LogP contribution >= 0.6 is 0 Å². The standard InChI is InChI=1S/C17H23NO4/c1-22-17(21)13-6-8-14(9-7-13)18-15-4-2-3-12(11-15)5-10-16(19)20/h2-4,11,13-14,18H,5-10H2,1H3,(H,19,20). The van der Waals surface area contributed by atoms with Gasteiger partial charge in [0.1, 0.15) is 0 Å². The molecule has 1 aromatic carbocycles. The zero-order chi connectivity index (χ0) is 15.9. The Kier molecular flexibility index (Phi) is 5.81. The third kappa shape index (κ3) is 4.76. The fraction of sp³-hybridized carbons (Fsp3) is 0.529. The van der Waals surface area contributed by atoms with Crippen LogP contribution in [-0.4, -0.2) is 30.2 Å². The Morgan fingerprint density at radius 1 is 1.27 bits per heavy atom. The van der Waals surface area contributed by atoms with Gasteiger partial charge in [-0.15, -0.1) is 0 Å². The molecule has 0 saturated heterocycles. The molecule has 5 nitrogen and oxygen atoms in total. The van der Waals surface area contributed by atoms with E-state index in [1.54, 1.807) is 0 Å². The summed E-state index contributed by atoms with van der Waals surface area (Å²) in [6, 6.07) is 8.25. The van der Waals surface area contributed by atoms with E-state index in [0.29, 0.717) is 12.5 Å². The first kappa shape index (κ1) is 16.3. The van der Waals surface area contributed by atoms with Crippen LogP contribution in [0.1, 0.15) is 37.7 Å². The monoisotopic (exact) mass is 305 g/mol. The van der Waals surface area contributed by atoms with Gasteiger partial charge in [0, 0.05) is 18.2 Å². The minimum atomic E-state index is -0.778. The Morgan fingerprint density at radius 3 is 2.64 bits per heavy atom. The number of carbonyl (C=O) groups is 2. The number of methoxy groups -OCH3 is 1. The third-order valence-corrected chi connectivity index (χ3v) is 4.19. The van der Waals surface area contributed by atoms with Gasteiger partial charge in [0.2, 0.25) is 0 Å². The van der Waals surface area contributed by atoms with Crippen molar-refractivity contribution in [2.24, 2.45) is 5.92 Å². The topological polar surface area (TPSA) is 75.6 Å². The molecule has 0 amide bonds. The number of carbonyl (C=O) groups excluding carboxylic acids is 1. The number of aryl methyl sites for hydroxylation is 1. The van der Waals surface area contributed by atoms with Crippen molar-refractivity contribution in [3.05, 3.63) is 29.8 Å². The SMILES string of the molecule is COC(=O)C1CCC(Nc2cccc(CCC(=O)O)c2)CC1. The van der Waals surface area contributed by atoms with E-state index in [1.807, 2.05) is 24.3 Å². The third-order valence-electron chi connectivity index (χ3n) is 4.19. The van der Waals surface area contributed by atoms with E-state index >= 15 is 0 Å². The fourth-order valence-electron chi connectivity index (χ4n) is 2.94. The van der Waals surface area contributed by atoms with Gasteiger partial charge in [-0.3, -0.25) is 9.59 Å². The molecule has 1 aliphatic carbocycles. The van der Waals surface area contributed by atoms with Gasteiger partial charge < -0.3 is 15.2 Å². The summed E-state index contributed by atoms with van der Waals surface area (Å²) in [7, 11) is 1.44. The highest BCUT2D eigenvalue weighted by Crippen LogP contribution is 2.27. The predicted octanol–water partition coefficient (Wildman–Crippen LogP) is 2.85. The lowest BCUT2D eigenvalue weighted by Crippen LogP contribution is -2.29. The molecule has 120 valence electrons. The number of anilines is 1.